The average molecular weight is 265 g/mol. The second kappa shape index (κ2) is 7.41. The van der Waals surface area contributed by atoms with Gasteiger partial charge in [-0.1, -0.05) is 6.58 Å². The minimum Gasteiger partial charge on any atom is -0.462 e. The van der Waals surface area contributed by atoms with E-state index in [-0.39, 0.29) is 12.4 Å². The Kier molecular flexibility index (Phi) is 7.01. The third-order valence-electron chi connectivity index (χ3n) is 1.63. The Morgan fingerprint density at radius 3 is 2.35 bits per heavy atom. The molecule has 0 saturated carbocycles. The summed E-state index contributed by atoms with van der Waals surface area (Å²) in [4.78, 5) is 11.0. The fourth-order valence-corrected chi connectivity index (χ4v) is 2.02. The zero-order valence-electron chi connectivity index (χ0n) is 10.4. The summed E-state index contributed by atoms with van der Waals surface area (Å²) < 4.78 is 31.9. The summed E-state index contributed by atoms with van der Waals surface area (Å²) in [6, 6.07) is 0. The molecule has 0 aromatic carbocycles. The maximum Gasteiger partial charge on any atom is 0.333 e. The van der Waals surface area contributed by atoms with Gasteiger partial charge in [0.1, 0.15) is 0 Å². The van der Waals surface area contributed by atoms with Crippen LogP contribution in [0.15, 0.2) is 12.2 Å². The van der Waals surface area contributed by atoms with Gasteiger partial charge in [-0.25, -0.2) is 4.79 Å². The summed E-state index contributed by atoms with van der Waals surface area (Å²) in [5.74, 6) is -0.562. The summed E-state index contributed by atoms with van der Waals surface area (Å²) in [6.07, 6.45) is 0.842. The molecule has 0 aliphatic heterocycles. The first-order chi connectivity index (χ1) is 7.74. The molecule has 0 amide bonds. The van der Waals surface area contributed by atoms with Gasteiger partial charge in [-0.3, -0.25) is 0 Å². The molecule has 7 heteroatoms. The van der Waals surface area contributed by atoms with E-state index >= 15 is 0 Å². The summed E-state index contributed by atoms with van der Waals surface area (Å²) in [5.41, 5.74) is 0.327. The van der Waals surface area contributed by atoms with Crippen LogP contribution in [0, 0.1) is 0 Å². The molecule has 0 bridgehead atoms. The number of rotatable bonds is 8. The molecule has 0 spiro atoms. The molecule has 0 heterocycles. The number of carbonyl (C=O) groups excluding carboxylic acids is 1. The lowest BCUT2D eigenvalue weighted by Gasteiger charge is -2.10. The smallest absolute Gasteiger partial charge is 0.333 e. The van der Waals surface area contributed by atoms with Gasteiger partial charge < -0.3 is 4.74 Å². The Morgan fingerprint density at radius 2 is 1.88 bits per heavy atom. The number of ether oxygens (including phenoxy) is 1. The number of hydrogen-bond acceptors (Lipinski definition) is 6. The van der Waals surface area contributed by atoms with Gasteiger partial charge in [0.15, 0.2) is 0 Å². The van der Waals surface area contributed by atoms with Crippen molar-refractivity contribution in [2.24, 2.45) is 0 Å². The molecular weight excluding hydrogens is 246 g/mol. The summed E-state index contributed by atoms with van der Waals surface area (Å²) in [6.45, 7) is 5.17. The van der Waals surface area contributed by atoms with Crippen LogP contribution in [-0.4, -0.2) is 45.9 Å². The molecule has 0 saturated heterocycles. The van der Waals surface area contributed by atoms with E-state index < -0.39 is 16.1 Å². The Hall–Kier alpha value is -0.920. The van der Waals surface area contributed by atoms with Gasteiger partial charge >= 0.3 is 5.97 Å². The maximum absolute atomic E-state index is 11.3. The summed E-state index contributed by atoms with van der Waals surface area (Å²) in [5, 5.41) is 1.12. The van der Waals surface area contributed by atoms with Crippen LogP contribution in [-0.2, 0) is 23.9 Å². The first-order valence-electron chi connectivity index (χ1n) is 5.17. The fourth-order valence-electron chi connectivity index (χ4n) is 0.933. The van der Waals surface area contributed by atoms with Gasteiger partial charge in [-0.2, -0.15) is 17.8 Å². The van der Waals surface area contributed by atoms with Gasteiger partial charge in [0.2, 0.25) is 0 Å². The molecule has 0 aromatic heterocycles. The van der Waals surface area contributed by atoms with Crippen LogP contribution in [0.1, 0.15) is 19.8 Å². The van der Waals surface area contributed by atoms with Gasteiger partial charge in [-0.05, 0) is 19.8 Å². The zero-order chi connectivity index (χ0) is 13.5. The molecule has 0 aliphatic rings. The predicted molar refractivity (Wildman–Crippen MR) is 63.6 cm³/mol. The molecule has 0 unspecified atom stereocenters. The monoisotopic (exact) mass is 265 g/mol. The second-order valence-electron chi connectivity index (χ2n) is 3.77. The molecule has 6 nitrogen and oxygen atoms in total. The number of unbranched alkanes of at least 4 members (excludes halogenated alkanes) is 1. The standard InChI is InChI=1S/C10H19NO5S/c1-9(2)10(12)15-7-5-6-8-17(13,14)16-11(3)4/h1,5-8H2,2-4H3. The second-order valence-corrected chi connectivity index (χ2v) is 5.44. The molecule has 0 aliphatic carbocycles. The molecule has 100 valence electrons. The Balaban J connectivity index is 3.72. The van der Waals surface area contributed by atoms with Crippen molar-refractivity contribution in [2.75, 3.05) is 26.5 Å². The van der Waals surface area contributed by atoms with Crippen molar-refractivity contribution in [3.8, 4) is 0 Å². The van der Waals surface area contributed by atoms with Gasteiger partial charge in [0.05, 0.1) is 12.4 Å². The van der Waals surface area contributed by atoms with E-state index in [2.05, 4.69) is 10.9 Å². The third-order valence-corrected chi connectivity index (χ3v) is 2.95. The number of carbonyl (C=O) groups is 1. The predicted octanol–water partition coefficient (Wildman–Crippen LogP) is 0.709. The number of nitrogens with zero attached hydrogens (tertiary/aromatic N) is 1. The van der Waals surface area contributed by atoms with Crippen LogP contribution in [0.4, 0.5) is 0 Å². The van der Waals surface area contributed by atoms with Crippen LogP contribution in [0.2, 0.25) is 0 Å². The van der Waals surface area contributed by atoms with Crippen molar-refractivity contribution >= 4 is 16.1 Å². The van der Waals surface area contributed by atoms with Gasteiger partial charge in [0.25, 0.3) is 10.1 Å². The van der Waals surface area contributed by atoms with Crippen molar-refractivity contribution in [1.29, 1.82) is 0 Å². The lowest BCUT2D eigenvalue weighted by molar-refractivity contribution is -0.139. The minimum absolute atomic E-state index is 0.101. The van der Waals surface area contributed by atoms with Crippen molar-refractivity contribution in [3.05, 3.63) is 12.2 Å². The fraction of sp³-hybridized carbons (Fsp3) is 0.700. The Labute approximate surface area is 102 Å². The number of hydroxylamine groups is 2. The van der Waals surface area contributed by atoms with E-state index in [1.807, 2.05) is 0 Å². The highest BCUT2D eigenvalue weighted by atomic mass is 32.2. The normalized spacial score (nSPS) is 11.5. The topological polar surface area (TPSA) is 72.9 Å². The number of hydrogen-bond donors (Lipinski definition) is 0. The van der Waals surface area contributed by atoms with Crippen LogP contribution < -0.4 is 0 Å². The van der Waals surface area contributed by atoms with Crippen molar-refractivity contribution < 1.29 is 22.2 Å². The molecule has 0 radical (unpaired) electrons. The first-order valence-corrected chi connectivity index (χ1v) is 6.74. The van der Waals surface area contributed by atoms with E-state index in [9.17, 15) is 13.2 Å². The highest BCUT2D eigenvalue weighted by Crippen LogP contribution is 2.02. The van der Waals surface area contributed by atoms with Gasteiger partial charge in [0, 0.05) is 19.7 Å². The van der Waals surface area contributed by atoms with Crippen molar-refractivity contribution in [2.45, 2.75) is 19.8 Å². The molecular formula is C10H19NO5S. The Morgan fingerprint density at radius 1 is 1.29 bits per heavy atom. The van der Waals surface area contributed by atoms with Crippen LogP contribution in [0.5, 0.6) is 0 Å². The van der Waals surface area contributed by atoms with Crippen LogP contribution in [0.3, 0.4) is 0 Å². The van der Waals surface area contributed by atoms with E-state index in [0.717, 1.165) is 5.06 Å². The van der Waals surface area contributed by atoms with Crippen molar-refractivity contribution in [3.63, 3.8) is 0 Å². The molecule has 0 rings (SSSR count). The van der Waals surface area contributed by atoms with Crippen LogP contribution >= 0.6 is 0 Å². The molecule has 17 heavy (non-hydrogen) atoms. The average Bonchev–Trinajstić information content (AvgIpc) is 2.14. The maximum atomic E-state index is 11.3. The molecule has 0 N–H and O–H groups in total. The zero-order valence-corrected chi connectivity index (χ0v) is 11.2. The van der Waals surface area contributed by atoms with E-state index in [0.29, 0.717) is 18.4 Å². The van der Waals surface area contributed by atoms with Gasteiger partial charge in [-0.15, -0.1) is 0 Å². The SMILES string of the molecule is C=C(C)C(=O)OCCCCS(=O)(=O)ON(C)C. The quantitative estimate of drug-likeness (QED) is 0.278. The van der Waals surface area contributed by atoms with E-state index in [4.69, 9.17) is 4.74 Å². The number of esters is 1. The Bertz CT molecular complexity index is 361. The van der Waals surface area contributed by atoms with E-state index in [1.54, 1.807) is 6.92 Å². The highest BCUT2D eigenvalue weighted by molar-refractivity contribution is 7.86. The molecule has 0 aromatic rings. The molecule has 0 fully saturated rings. The summed E-state index contributed by atoms with van der Waals surface area (Å²) >= 11 is 0. The molecule has 0 atom stereocenters. The first kappa shape index (κ1) is 16.1. The lowest BCUT2D eigenvalue weighted by Crippen LogP contribution is -2.21. The lowest BCUT2D eigenvalue weighted by atomic mass is 10.3. The summed E-state index contributed by atoms with van der Waals surface area (Å²) in [7, 11) is -0.545. The third kappa shape index (κ3) is 8.84. The minimum atomic E-state index is -3.53. The van der Waals surface area contributed by atoms with E-state index in [1.165, 1.54) is 14.1 Å². The highest BCUT2D eigenvalue weighted by Gasteiger charge is 2.12. The van der Waals surface area contributed by atoms with Crippen molar-refractivity contribution in [1.82, 2.24) is 5.06 Å². The largest absolute Gasteiger partial charge is 0.462 e. The van der Waals surface area contributed by atoms with Crippen LogP contribution in [0.25, 0.3) is 0 Å².